The fourth-order valence-electron chi connectivity index (χ4n) is 2.52. The van der Waals surface area contributed by atoms with Gasteiger partial charge in [0.2, 0.25) is 0 Å². The first-order valence-electron chi connectivity index (χ1n) is 5.92. The van der Waals surface area contributed by atoms with Gasteiger partial charge in [0, 0.05) is 5.56 Å². The Bertz CT molecular complexity index is 361. The average molecular weight is 223 g/mol. The largest absolute Gasteiger partial charge is 0.396 e. The predicted octanol–water partition coefficient (Wildman–Crippen LogP) is 3.02. The lowest BCUT2D eigenvalue weighted by molar-refractivity contribution is 0.0852. The highest BCUT2D eigenvalue weighted by molar-refractivity contribution is 5.49. The van der Waals surface area contributed by atoms with E-state index in [1.54, 1.807) is 12.1 Å². The first-order valence-corrected chi connectivity index (χ1v) is 5.92. The Morgan fingerprint density at radius 3 is 2.62 bits per heavy atom. The van der Waals surface area contributed by atoms with Crippen LogP contribution in [-0.4, -0.2) is 5.11 Å². The maximum absolute atomic E-state index is 13.3. The molecule has 0 heterocycles. The van der Waals surface area contributed by atoms with Gasteiger partial charge in [-0.3, -0.25) is 0 Å². The van der Waals surface area contributed by atoms with Crippen molar-refractivity contribution in [1.82, 2.24) is 0 Å². The SMILES string of the molecule is Nc1c(F)cccc1C(O)C1CCCCC1. The van der Waals surface area contributed by atoms with Crippen LogP contribution < -0.4 is 5.73 Å². The minimum Gasteiger partial charge on any atom is -0.396 e. The van der Waals surface area contributed by atoms with Crippen molar-refractivity contribution in [3.63, 3.8) is 0 Å². The summed E-state index contributed by atoms with van der Waals surface area (Å²) < 4.78 is 13.3. The fourth-order valence-corrected chi connectivity index (χ4v) is 2.52. The van der Waals surface area contributed by atoms with Crippen molar-refractivity contribution in [3.8, 4) is 0 Å². The van der Waals surface area contributed by atoms with Gasteiger partial charge in [-0.2, -0.15) is 0 Å². The van der Waals surface area contributed by atoms with Crippen molar-refractivity contribution in [2.24, 2.45) is 5.92 Å². The lowest BCUT2D eigenvalue weighted by Gasteiger charge is -2.27. The number of anilines is 1. The van der Waals surface area contributed by atoms with Crippen molar-refractivity contribution in [1.29, 1.82) is 0 Å². The van der Waals surface area contributed by atoms with Crippen LogP contribution in [0.4, 0.5) is 10.1 Å². The second-order valence-electron chi connectivity index (χ2n) is 4.59. The van der Waals surface area contributed by atoms with Crippen LogP contribution in [0.1, 0.15) is 43.8 Å². The van der Waals surface area contributed by atoms with Gasteiger partial charge in [0.1, 0.15) is 5.82 Å². The number of halogens is 1. The van der Waals surface area contributed by atoms with E-state index >= 15 is 0 Å². The number of nitrogen functional groups attached to an aromatic ring is 1. The molecule has 0 aliphatic heterocycles. The van der Waals surface area contributed by atoms with Crippen LogP contribution in [-0.2, 0) is 0 Å². The first-order chi connectivity index (χ1) is 7.70. The predicted molar refractivity (Wildman–Crippen MR) is 62.3 cm³/mol. The van der Waals surface area contributed by atoms with Gasteiger partial charge in [-0.1, -0.05) is 31.4 Å². The molecular weight excluding hydrogens is 205 g/mol. The highest BCUT2D eigenvalue weighted by Gasteiger charge is 2.25. The zero-order valence-electron chi connectivity index (χ0n) is 9.32. The molecule has 2 nitrogen and oxygen atoms in total. The second kappa shape index (κ2) is 4.83. The van der Waals surface area contributed by atoms with E-state index in [0.29, 0.717) is 5.56 Å². The van der Waals surface area contributed by atoms with E-state index < -0.39 is 11.9 Å². The van der Waals surface area contributed by atoms with Gasteiger partial charge in [-0.25, -0.2) is 4.39 Å². The van der Waals surface area contributed by atoms with Gasteiger partial charge in [0.15, 0.2) is 0 Å². The van der Waals surface area contributed by atoms with Crippen LogP contribution in [0, 0.1) is 11.7 Å². The molecule has 1 saturated carbocycles. The summed E-state index contributed by atoms with van der Waals surface area (Å²) in [6.45, 7) is 0. The summed E-state index contributed by atoms with van der Waals surface area (Å²) in [5, 5.41) is 10.2. The minimum absolute atomic E-state index is 0.0978. The fraction of sp³-hybridized carbons (Fsp3) is 0.538. The van der Waals surface area contributed by atoms with E-state index in [1.807, 2.05) is 0 Å². The number of hydrogen-bond acceptors (Lipinski definition) is 2. The first kappa shape index (κ1) is 11.4. The van der Waals surface area contributed by atoms with Crippen molar-refractivity contribution < 1.29 is 9.50 Å². The third kappa shape index (κ3) is 2.19. The molecule has 2 rings (SSSR count). The Morgan fingerprint density at radius 1 is 1.25 bits per heavy atom. The molecular formula is C13H18FNO. The number of aliphatic hydroxyl groups excluding tert-OH is 1. The van der Waals surface area contributed by atoms with E-state index in [9.17, 15) is 9.50 Å². The third-order valence-electron chi connectivity index (χ3n) is 3.50. The highest BCUT2D eigenvalue weighted by atomic mass is 19.1. The lowest BCUT2D eigenvalue weighted by atomic mass is 9.82. The summed E-state index contributed by atoms with van der Waals surface area (Å²) >= 11 is 0. The molecule has 1 aromatic carbocycles. The normalized spacial score (nSPS) is 19.6. The number of aliphatic hydroxyl groups is 1. The molecule has 3 heteroatoms. The number of benzene rings is 1. The van der Waals surface area contributed by atoms with E-state index in [-0.39, 0.29) is 11.6 Å². The van der Waals surface area contributed by atoms with Gasteiger partial charge in [-0.15, -0.1) is 0 Å². The topological polar surface area (TPSA) is 46.2 Å². The van der Waals surface area contributed by atoms with Crippen molar-refractivity contribution in [3.05, 3.63) is 29.6 Å². The summed E-state index contributed by atoms with van der Waals surface area (Å²) in [5.41, 5.74) is 6.30. The van der Waals surface area contributed by atoms with Gasteiger partial charge < -0.3 is 10.8 Å². The van der Waals surface area contributed by atoms with E-state index in [0.717, 1.165) is 25.7 Å². The number of para-hydroxylation sites is 1. The van der Waals surface area contributed by atoms with Crippen LogP contribution in [0.15, 0.2) is 18.2 Å². The Hall–Kier alpha value is -1.09. The van der Waals surface area contributed by atoms with Gasteiger partial charge >= 0.3 is 0 Å². The third-order valence-corrected chi connectivity index (χ3v) is 3.50. The molecule has 0 aromatic heterocycles. The van der Waals surface area contributed by atoms with Crippen LogP contribution in [0.3, 0.4) is 0 Å². The number of rotatable bonds is 2. The Balaban J connectivity index is 2.19. The molecule has 0 bridgehead atoms. The molecule has 0 radical (unpaired) electrons. The van der Waals surface area contributed by atoms with E-state index in [4.69, 9.17) is 5.73 Å². The molecule has 0 spiro atoms. The molecule has 1 atom stereocenters. The minimum atomic E-state index is -0.615. The molecule has 1 aliphatic carbocycles. The van der Waals surface area contributed by atoms with Gasteiger partial charge in [-0.05, 0) is 24.8 Å². The smallest absolute Gasteiger partial charge is 0.146 e. The maximum atomic E-state index is 13.3. The molecule has 16 heavy (non-hydrogen) atoms. The molecule has 1 aromatic rings. The molecule has 3 N–H and O–H groups in total. The summed E-state index contributed by atoms with van der Waals surface area (Å²) in [6, 6.07) is 4.65. The van der Waals surface area contributed by atoms with Crippen molar-refractivity contribution in [2.45, 2.75) is 38.2 Å². The standard InChI is InChI=1S/C13H18FNO/c14-11-8-4-7-10(12(11)15)13(16)9-5-2-1-3-6-9/h4,7-9,13,16H,1-3,5-6,15H2. The zero-order valence-corrected chi connectivity index (χ0v) is 9.32. The lowest BCUT2D eigenvalue weighted by Crippen LogP contribution is -2.17. The monoisotopic (exact) mass is 223 g/mol. The Kier molecular flexibility index (Phi) is 3.44. The van der Waals surface area contributed by atoms with Crippen LogP contribution >= 0.6 is 0 Å². The molecule has 0 saturated heterocycles. The molecule has 88 valence electrons. The van der Waals surface area contributed by atoms with Crippen LogP contribution in [0.5, 0.6) is 0 Å². The van der Waals surface area contributed by atoms with Crippen molar-refractivity contribution >= 4 is 5.69 Å². The number of nitrogens with two attached hydrogens (primary N) is 1. The Morgan fingerprint density at radius 2 is 1.94 bits per heavy atom. The van der Waals surface area contributed by atoms with E-state index in [2.05, 4.69) is 0 Å². The Labute approximate surface area is 95.3 Å². The molecule has 1 aliphatic rings. The quantitative estimate of drug-likeness (QED) is 0.757. The van der Waals surface area contributed by atoms with Crippen molar-refractivity contribution in [2.75, 3.05) is 5.73 Å². The molecule has 0 amide bonds. The summed E-state index contributed by atoms with van der Waals surface area (Å²) in [7, 11) is 0. The van der Waals surface area contributed by atoms with E-state index in [1.165, 1.54) is 12.5 Å². The van der Waals surface area contributed by atoms with Gasteiger partial charge in [0.25, 0.3) is 0 Å². The summed E-state index contributed by atoms with van der Waals surface area (Å²) in [5.74, 6) is -0.204. The maximum Gasteiger partial charge on any atom is 0.146 e. The molecule has 1 fully saturated rings. The average Bonchev–Trinajstić information content (AvgIpc) is 2.33. The summed E-state index contributed by atoms with van der Waals surface area (Å²) in [6.07, 6.45) is 4.94. The molecule has 1 unspecified atom stereocenters. The van der Waals surface area contributed by atoms with Crippen LogP contribution in [0.25, 0.3) is 0 Å². The number of hydrogen-bond donors (Lipinski definition) is 2. The summed E-state index contributed by atoms with van der Waals surface area (Å²) in [4.78, 5) is 0. The highest BCUT2D eigenvalue weighted by Crippen LogP contribution is 2.36. The second-order valence-corrected chi connectivity index (χ2v) is 4.59. The van der Waals surface area contributed by atoms with Gasteiger partial charge in [0.05, 0.1) is 11.8 Å². The zero-order chi connectivity index (χ0) is 11.5. The van der Waals surface area contributed by atoms with Crippen LogP contribution in [0.2, 0.25) is 0 Å².